The molecule has 6 nitrogen and oxygen atoms in total. The van der Waals surface area contributed by atoms with Crippen LogP contribution in [0.5, 0.6) is 5.75 Å². The maximum absolute atomic E-state index is 12.2. The highest BCUT2D eigenvalue weighted by Gasteiger charge is 2.47. The van der Waals surface area contributed by atoms with Crippen LogP contribution in [0.3, 0.4) is 0 Å². The normalized spacial score (nSPS) is 24.6. The Bertz CT molecular complexity index is 662. The van der Waals surface area contributed by atoms with Crippen LogP contribution >= 0.6 is 11.8 Å². The summed E-state index contributed by atoms with van der Waals surface area (Å²) in [4.78, 5) is 27.6. The van der Waals surface area contributed by atoms with Gasteiger partial charge in [0.25, 0.3) is 5.91 Å². The summed E-state index contributed by atoms with van der Waals surface area (Å²) in [7, 11) is 0. The molecule has 3 aliphatic heterocycles. The summed E-state index contributed by atoms with van der Waals surface area (Å²) in [5.74, 6) is 1.85. The van der Waals surface area contributed by atoms with Gasteiger partial charge < -0.3 is 15.0 Å². The van der Waals surface area contributed by atoms with Crippen molar-refractivity contribution in [3.8, 4) is 5.75 Å². The van der Waals surface area contributed by atoms with Gasteiger partial charge in [-0.2, -0.15) is 0 Å². The smallest absolute Gasteiger partial charge is 0.328 e. The van der Waals surface area contributed by atoms with Gasteiger partial charge in [-0.05, 0) is 43.9 Å². The van der Waals surface area contributed by atoms with Crippen molar-refractivity contribution in [1.82, 2.24) is 15.1 Å². The molecule has 2 unspecified atom stereocenters. The number of aryl methyl sites for hydroxylation is 1. The van der Waals surface area contributed by atoms with Crippen LogP contribution in [0.15, 0.2) is 24.3 Å². The number of fused-ring (bicyclic) bond motifs is 2. The van der Waals surface area contributed by atoms with Gasteiger partial charge in [-0.15, -0.1) is 11.8 Å². The summed E-state index contributed by atoms with van der Waals surface area (Å²) in [5, 5.41) is 3.19. The van der Waals surface area contributed by atoms with Crippen LogP contribution in [0, 0.1) is 0 Å². The Balaban J connectivity index is 1.13. The van der Waals surface area contributed by atoms with Gasteiger partial charge in [-0.3, -0.25) is 9.69 Å². The predicted octanol–water partition coefficient (Wildman–Crippen LogP) is 2.09. The van der Waals surface area contributed by atoms with Crippen LogP contribution in [0.1, 0.15) is 24.8 Å². The van der Waals surface area contributed by atoms with E-state index in [1.54, 1.807) is 16.7 Å². The fourth-order valence-electron chi connectivity index (χ4n) is 3.77. The Morgan fingerprint density at radius 2 is 2.12 bits per heavy atom. The molecule has 2 fully saturated rings. The maximum Gasteiger partial charge on any atom is 0.328 e. The number of imide groups is 1. The second-order valence-corrected chi connectivity index (χ2v) is 8.17. The number of hydrogen-bond donors (Lipinski definition) is 1. The van der Waals surface area contributed by atoms with E-state index in [-0.39, 0.29) is 23.4 Å². The van der Waals surface area contributed by atoms with Crippen molar-refractivity contribution in [2.75, 3.05) is 31.9 Å². The van der Waals surface area contributed by atoms with Crippen molar-refractivity contribution in [2.45, 2.75) is 37.2 Å². The van der Waals surface area contributed by atoms with Crippen molar-refractivity contribution in [2.24, 2.45) is 0 Å². The Hall–Kier alpha value is -1.73. The third kappa shape index (κ3) is 3.55. The van der Waals surface area contributed by atoms with Crippen molar-refractivity contribution in [3.63, 3.8) is 0 Å². The summed E-state index contributed by atoms with van der Waals surface area (Å²) in [5.41, 5.74) is 1.29. The molecule has 2 atom stereocenters. The first-order valence-corrected chi connectivity index (χ1v) is 10.5. The van der Waals surface area contributed by atoms with E-state index in [9.17, 15) is 9.59 Å². The van der Waals surface area contributed by atoms with Crippen LogP contribution < -0.4 is 10.1 Å². The van der Waals surface area contributed by atoms with Gasteiger partial charge in [0.2, 0.25) is 0 Å². The molecule has 1 aromatic rings. The number of amides is 3. The lowest BCUT2D eigenvalue weighted by Crippen LogP contribution is -2.36. The molecule has 3 amide bonds. The molecule has 0 bridgehead atoms. The molecular weight excluding hydrogens is 350 g/mol. The van der Waals surface area contributed by atoms with Crippen molar-refractivity contribution >= 4 is 23.7 Å². The van der Waals surface area contributed by atoms with Crippen LogP contribution in [0.2, 0.25) is 0 Å². The first-order chi connectivity index (χ1) is 12.7. The largest absolute Gasteiger partial charge is 0.489 e. The molecule has 7 heteroatoms. The lowest BCUT2D eigenvalue weighted by molar-refractivity contribution is -0.126. The molecule has 26 heavy (non-hydrogen) atoms. The van der Waals surface area contributed by atoms with Gasteiger partial charge in [0.1, 0.15) is 11.9 Å². The number of thioether (sulfide) groups is 1. The van der Waals surface area contributed by atoms with E-state index in [1.165, 1.54) is 10.5 Å². The molecular formula is C19H25N3O3S. The third-order valence-electron chi connectivity index (χ3n) is 5.20. The Labute approximate surface area is 158 Å². The molecule has 3 aliphatic rings. The first kappa shape index (κ1) is 17.7. The fraction of sp³-hybridized carbons (Fsp3) is 0.579. The van der Waals surface area contributed by atoms with Crippen LogP contribution in [-0.2, 0) is 11.2 Å². The van der Waals surface area contributed by atoms with Gasteiger partial charge in [-0.1, -0.05) is 18.2 Å². The van der Waals surface area contributed by atoms with Gasteiger partial charge in [0.05, 0.1) is 0 Å². The number of para-hydroxylation sites is 1. The van der Waals surface area contributed by atoms with Gasteiger partial charge >= 0.3 is 6.03 Å². The van der Waals surface area contributed by atoms with E-state index >= 15 is 0 Å². The molecule has 0 aliphatic carbocycles. The lowest BCUT2D eigenvalue weighted by Gasteiger charge is -2.26. The Kier molecular flexibility index (Phi) is 5.36. The average Bonchev–Trinajstić information content (AvgIpc) is 3.23. The minimum Gasteiger partial charge on any atom is -0.489 e. The van der Waals surface area contributed by atoms with E-state index in [0.717, 1.165) is 50.3 Å². The minimum atomic E-state index is -0.257. The van der Waals surface area contributed by atoms with Crippen LogP contribution in [0.4, 0.5) is 4.79 Å². The summed E-state index contributed by atoms with van der Waals surface area (Å²) in [6.07, 6.45) is 4.10. The lowest BCUT2D eigenvalue weighted by atomic mass is 10.0. The van der Waals surface area contributed by atoms with Crippen molar-refractivity contribution in [1.29, 1.82) is 0 Å². The number of nitrogens with zero attached hydrogens (tertiary/aromatic N) is 2. The average molecular weight is 375 g/mol. The van der Waals surface area contributed by atoms with Crippen molar-refractivity contribution < 1.29 is 14.3 Å². The first-order valence-electron chi connectivity index (χ1n) is 9.43. The maximum atomic E-state index is 12.2. The summed E-state index contributed by atoms with van der Waals surface area (Å²) in [6, 6.07) is 8.13. The Morgan fingerprint density at radius 1 is 1.23 bits per heavy atom. The molecule has 0 saturated carbocycles. The number of benzene rings is 1. The summed E-state index contributed by atoms with van der Waals surface area (Å²) in [6.45, 7) is 2.94. The fourth-order valence-corrected chi connectivity index (χ4v) is 4.94. The van der Waals surface area contributed by atoms with E-state index in [2.05, 4.69) is 17.4 Å². The zero-order chi connectivity index (χ0) is 17.9. The molecule has 140 valence electrons. The predicted molar refractivity (Wildman–Crippen MR) is 101 cm³/mol. The highest BCUT2D eigenvalue weighted by molar-refractivity contribution is 8.00. The quantitative estimate of drug-likeness (QED) is 0.584. The van der Waals surface area contributed by atoms with Gasteiger partial charge in [0.15, 0.2) is 5.37 Å². The van der Waals surface area contributed by atoms with E-state index in [1.807, 2.05) is 12.1 Å². The monoisotopic (exact) mass is 375 g/mol. The van der Waals surface area contributed by atoms with Gasteiger partial charge in [-0.25, -0.2) is 4.79 Å². The number of carbonyl (C=O) groups is 2. The zero-order valence-corrected chi connectivity index (χ0v) is 15.7. The number of carbonyl (C=O) groups excluding carboxylic acids is 2. The number of unbranched alkanes of at least 4 members (excludes halogenated alkanes) is 1. The molecule has 0 aromatic heterocycles. The summed E-state index contributed by atoms with van der Waals surface area (Å²) >= 11 is 1.57. The highest BCUT2D eigenvalue weighted by atomic mass is 32.2. The number of rotatable bonds is 7. The third-order valence-corrected chi connectivity index (χ3v) is 6.39. The standard InChI is InChI=1S/C19H25N3O3S/c23-17-18-22(11-12-26-18)19(24)21(17)10-4-3-9-20-13-15-8-7-14-5-1-2-6-16(14)25-15/h1-2,5-6,15,18,20H,3-4,7-13H2. The summed E-state index contributed by atoms with van der Waals surface area (Å²) < 4.78 is 6.02. The number of ether oxygens (including phenoxy) is 1. The minimum absolute atomic E-state index is 0.0280. The topological polar surface area (TPSA) is 61.9 Å². The second-order valence-electron chi connectivity index (χ2n) is 6.99. The molecule has 0 radical (unpaired) electrons. The molecule has 1 aromatic carbocycles. The highest BCUT2D eigenvalue weighted by Crippen LogP contribution is 2.32. The SMILES string of the molecule is O=C1C2SCCN2C(=O)N1CCCCNCC1CCc2ccccc2O1. The second kappa shape index (κ2) is 7.88. The number of nitrogens with one attached hydrogen (secondary N) is 1. The number of urea groups is 1. The molecule has 1 N–H and O–H groups in total. The van der Waals surface area contributed by atoms with E-state index < -0.39 is 0 Å². The molecule has 0 spiro atoms. The van der Waals surface area contributed by atoms with Crippen LogP contribution in [-0.4, -0.2) is 65.1 Å². The van der Waals surface area contributed by atoms with E-state index in [4.69, 9.17) is 4.74 Å². The zero-order valence-electron chi connectivity index (χ0n) is 14.9. The molecule has 3 heterocycles. The van der Waals surface area contributed by atoms with Crippen LogP contribution in [0.25, 0.3) is 0 Å². The van der Waals surface area contributed by atoms with Crippen molar-refractivity contribution in [3.05, 3.63) is 29.8 Å². The molecule has 4 rings (SSSR count). The molecule has 2 saturated heterocycles. The van der Waals surface area contributed by atoms with E-state index in [0.29, 0.717) is 13.1 Å². The van der Waals surface area contributed by atoms with Gasteiger partial charge in [0, 0.05) is 25.4 Å². The Morgan fingerprint density at radius 3 is 3.00 bits per heavy atom. The number of hydrogen-bond acceptors (Lipinski definition) is 5.